The van der Waals surface area contributed by atoms with Crippen LogP contribution < -0.4 is 15.2 Å². The van der Waals surface area contributed by atoms with Crippen molar-refractivity contribution < 1.29 is 9.47 Å². The Hall–Kier alpha value is -2.00. The molecule has 0 amide bonds. The molecule has 0 bridgehead atoms. The van der Waals surface area contributed by atoms with Gasteiger partial charge in [0.1, 0.15) is 5.75 Å². The third-order valence-corrected chi connectivity index (χ3v) is 3.29. The van der Waals surface area contributed by atoms with Crippen LogP contribution in [0.5, 0.6) is 17.2 Å². The Morgan fingerprint density at radius 3 is 2.40 bits per heavy atom. The standard InChI is InChI=1S/C17H21NO2/c1-4-13-6-8-16(17(10-13)19-3)20-15-7-5-12(2)9-14(15)11-18/h5-10H,4,11,18H2,1-3H3. The van der Waals surface area contributed by atoms with Gasteiger partial charge in [0.2, 0.25) is 0 Å². The first kappa shape index (κ1) is 14.4. The van der Waals surface area contributed by atoms with E-state index >= 15 is 0 Å². The maximum atomic E-state index is 5.97. The largest absolute Gasteiger partial charge is 0.493 e. The van der Waals surface area contributed by atoms with Gasteiger partial charge in [0.25, 0.3) is 0 Å². The van der Waals surface area contributed by atoms with Crippen LogP contribution in [-0.4, -0.2) is 7.11 Å². The maximum absolute atomic E-state index is 5.97. The lowest BCUT2D eigenvalue weighted by atomic mass is 10.1. The Balaban J connectivity index is 2.34. The summed E-state index contributed by atoms with van der Waals surface area (Å²) in [6.07, 6.45) is 0.967. The van der Waals surface area contributed by atoms with Gasteiger partial charge in [0, 0.05) is 12.1 Å². The normalized spacial score (nSPS) is 10.4. The lowest BCUT2D eigenvalue weighted by molar-refractivity contribution is 0.377. The molecule has 0 aliphatic carbocycles. The molecule has 20 heavy (non-hydrogen) atoms. The van der Waals surface area contributed by atoms with E-state index in [9.17, 15) is 0 Å². The Morgan fingerprint density at radius 2 is 1.75 bits per heavy atom. The Labute approximate surface area is 120 Å². The van der Waals surface area contributed by atoms with Gasteiger partial charge in [-0.25, -0.2) is 0 Å². The highest BCUT2D eigenvalue weighted by molar-refractivity contribution is 5.47. The molecule has 0 heterocycles. The first-order valence-electron chi connectivity index (χ1n) is 6.82. The van der Waals surface area contributed by atoms with Crippen LogP contribution in [0.1, 0.15) is 23.6 Å². The number of methoxy groups -OCH3 is 1. The Kier molecular flexibility index (Phi) is 4.64. The third kappa shape index (κ3) is 3.11. The van der Waals surface area contributed by atoms with Crippen LogP contribution in [0.2, 0.25) is 0 Å². The van der Waals surface area contributed by atoms with Gasteiger partial charge in [-0.2, -0.15) is 0 Å². The molecule has 0 aliphatic heterocycles. The summed E-state index contributed by atoms with van der Waals surface area (Å²) in [6, 6.07) is 12.0. The molecule has 0 spiro atoms. The molecule has 0 saturated heterocycles. The second kappa shape index (κ2) is 6.44. The molecule has 0 aromatic heterocycles. The molecule has 2 aromatic carbocycles. The van der Waals surface area contributed by atoms with E-state index in [1.54, 1.807) is 7.11 Å². The summed E-state index contributed by atoms with van der Waals surface area (Å²) < 4.78 is 11.4. The van der Waals surface area contributed by atoms with Crippen LogP contribution in [0.3, 0.4) is 0 Å². The zero-order chi connectivity index (χ0) is 14.5. The van der Waals surface area contributed by atoms with E-state index in [0.29, 0.717) is 12.3 Å². The van der Waals surface area contributed by atoms with Gasteiger partial charge in [-0.15, -0.1) is 0 Å². The lowest BCUT2D eigenvalue weighted by Crippen LogP contribution is -2.00. The number of benzene rings is 2. The second-order valence-electron chi connectivity index (χ2n) is 4.76. The highest BCUT2D eigenvalue weighted by Crippen LogP contribution is 2.34. The second-order valence-corrected chi connectivity index (χ2v) is 4.76. The molecule has 0 aliphatic rings. The predicted octanol–water partition coefficient (Wildman–Crippen LogP) is 3.82. The number of aryl methyl sites for hydroxylation is 2. The van der Waals surface area contributed by atoms with Crippen molar-refractivity contribution in [2.24, 2.45) is 5.73 Å². The molecule has 2 N–H and O–H groups in total. The monoisotopic (exact) mass is 271 g/mol. The first-order chi connectivity index (χ1) is 9.67. The summed E-state index contributed by atoms with van der Waals surface area (Å²) in [6.45, 7) is 4.60. The van der Waals surface area contributed by atoms with Crippen molar-refractivity contribution in [3.63, 3.8) is 0 Å². The van der Waals surface area contributed by atoms with Crippen molar-refractivity contribution in [2.75, 3.05) is 7.11 Å². The molecule has 2 rings (SSSR count). The van der Waals surface area contributed by atoms with Gasteiger partial charge in [0.05, 0.1) is 7.11 Å². The predicted molar refractivity (Wildman–Crippen MR) is 81.5 cm³/mol. The molecule has 3 heteroatoms. The van der Waals surface area contributed by atoms with Crippen LogP contribution in [0.25, 0.3) is 0 Å². The van der Waals surface area contributed by atoms with E-state index in [0.717, 1.165) is 23.5 Å². The quantitative estimate of drug-likeness (QED) is 0.899. The zero-order valence-corrected chi connectivity index (χ0v) is 12.3. The number of hydrogen-bond acceptors (Lipinski definition) is 3. The van der Waals surface area contributed by atoms with Crippen molar-refractivity contribution >= 4 is 0 Å². The fraction of sp³-hybridized carbons (Fsp3) is 0.294. The van der Waals surface area contributed by atoms with Gasteiger partial charge in [0.15, 0.2) is 11.5 Å². The zero-order valence-electron chi connectivity index (χ0n) is 12.3. The lowest BCUT2D eigenvalue weighted by Gasteiger charge is -2.14. The number of rotatable bonds is 5. The minimum Gasteiger partial charge on any atom is -0.493 e. The van der Waals surface area contributed by atoms with Gasteiger partial charge >= 0.3 is 0 Å². The van der Waals surface area contributed by atoms with Crippen molar-refractivity contribution in [3.05, 3.63) is 53.1 Å². The summed E-state index contributed by atoms with van der Waals surface area (Å²) >= 11 is 0. The number of nitrogens with two attached hydrogens (primary N) is 1. The fourth-order valence-electron chi connectivity index (χ4n) is 2.10. The minimum absolute atomic E-state index is 0.451. The molecule has 0 fully saturated rings. The van der Waals surface area contributed by atoms with Crippen LogP contribution in [0, 0.1) is 6.92 Å². The molecular formula is C17H21NO2. The maximum Gasteiger partial charge on any atom is 0.169 e. The topological polar surface area (TPSA) is 44.5 Å². The Bertz CT molecular complexity index is 594. The summed E-state index contributed by atoms with van der Waals surface area (Å²) in [5.41, 5.74) is 9.16. The van der Waals surface area contributed by atoms with E-state index in [2.05, 4.69) is 6.92 Å². The molecule has 0 saturated carbocycles. The number of hydrogen-bond donors (Lipinski definition) is 1. The molecule has 2 aromatic rings. The Morgan fingerprint density at radius 1 is 1.00 bits per heavy atom. The van der Waals surface area contributed by atoms with E-state index in [4.69, 9.17) is 15.2 Å². The molecule has 0 atom stereocenters. The highest BCUT2D eigenvalue weighted by atomic mass is 16.5. The van der Waals surface area contributed by atoms with Crippen LogP contribution in [0.15, 0.2) is 36.4 Å². The smallest absolute Gasteiger partial charge is 0.169 e. The van der Waals surface area contributed by atoms with E-state index in [1.807, 2.05) is 43.3 Å². The van der Waals surface area contributed by atoms with Crippen LogP contribution in [0.4, 0.5) is 0 Å². The molecule has 106 valence electrons. The molecule has 3 nitrogen and oxygen atoms in total. The minimum atomic E-state index is 0.451. The fourth-order valence-corrected chi connectivity index (χ4v) is 2.10. The van der Waals surface area contributed by atoms with E-state index < -0.39 is 0 Å². The van der Waals surface area contributed by atoms with Gasteiger partial charge in [-0.05, 0) is 37.1 Å². The summed E-state index contributed by atoms with van der Waals surface area (Å²) in [5.74, 6) is 2.23. The summed E-state index contributed by atoms with van der Waals surface area (Å²) in [7, 11) is 1.65. The number of ether oxygens (including phenoxy) is 2. The molecular weight excluding hydrogens is 250 g/mol. The first-order valence-corrected chi connectivity index (χ1v) is 6.82. The summed E-state index contributed by atoms with van der Waals surface area (Å²) in [4.78, 5) is 0. The van der Waals surface area contributed by atoms with Gasteiger partial charge in [-0.1, -0.05) is 30.7 Å². The average Bonchev–Trinajstić information content (AvgIpc) is 2.49. The molecule has 0 unspecified atom stereocenters. The molecule has 0 radical (unpaired) electrons. The van der Waals surface area contributed by atoms with Crippen LogP contribution in [-0.2, 0) is 13.0 Å². The SMILES string of the molecule is CCc1ccc(Oc2ccc(C)cc2CN)c(OC)c1. The van der Waals surface area contributed by atoms with E-state index in [-0.39, 0.29) is 0 Å². The van der Waals surface area contributed by atoms with Crippen molar-refractivity contribution in [1.82, 2.24) is 0 Å². The highest BCUT2D eigenvalue weighted by Gasteiger charge is 2.09. The average molecular weight is 271 g/mol. The van der Waals surface area contributed by atoms with Crippen molar-refractivity contribution in [2.45, 2.75) is 26.8 Å². The summed E-state index contributed by atoms with van der Waals surface area (Å²) in [5, 5.41) is 0. The van der Waals surface area contributed by atoms with Crippen molar-refractivity contribution in [3.8, 4) is 17.2 Å². The van der Waals surface area contributed by atoms with Gasteiger partial charge in [-0.3, -0.25) is 0 Å². The van der Waals surface area contributed by atoms with E-state index in [1.165, 1.54) is 11.1 Å². The van der Waals surface area contributed by atoms with Gasteiger partial charge < -0.3 is 15.2 Å². The third-order valence-electron chi connectivity index (χ3n) is 3.29. The van der Waals surface area contributed by atoms with Crippen molar-refractivity contribution in [1.29, 1.82) is 0 Å². The van der Waals surface area contributed by atoms with Crippen LogP contribution >= 0.6 is 0 Å².